The quantitative estimate of drug-likeness (QED) is 0.206. The number of fused-ring (bicyclic) bond motifs is 3. The summed E-state index contributed by atoms with van der Waals surface area (Å²) in [5.41, 5.74) is 2.75. The van der Waals surface area contributed by atoms with E-state index in [1.54, 1.807) is 20.2 Å². The summed E-state index contributed by atoms with van der Waals surface area (Å²) in [7, 11) is 1.54. The Balaban J connectivity index is 1.16. The lowest BCUT2D eigenvalue weighted by atomic mass is 9.74. The average Bonchev–Trinajstić information content (AvgIpc) is 3.76. The third-order valence-corrected chi connectivity index (χ3v) is 12.9. The average molecular weight is 744 g/mol. The lowest BCUT2D eigenvalue weighted by Gasteiger charge is -2.51. The number of benzene rings is 1. The summed E-state index contributed by atoms with van der Waals surface area (Å²) >= 11 is 0. The first-order chi connectivity index (χ1) is 26.0. The summed E-state index contributed by atoms with van der Waals surface area (Å²) in [5.74, 6) is 0.384. The van der Waals surface area contributed by atoms with Gasteiger partial charge in [-0.25, -0.2) is 9.37 Å². The number of halogens is 1. The summed E-state index contributed by atoms with van der Waals surface area (Å²) < 4.78 is 42.2. The van der Waals surface area contributed by atoms with E-state index in [0.29, 0.717) is 49.0 Å². The van der Waals surface area contributed by atoms with Gasteiger partial charge < -0.3 is 29.0 Å². The number of ether oxygens (including phenoxy) is 4. The van der Waals surface area contributed by atoms with Gasteiger partial charge in [-0.1, -0.05) is 6.42 Å². The topological polar surface area (TPSA) is 131 Å². The van der Waals surface area contributed by atoms with Crippen molar-refractivity contribution in [2.45, 2.75) is 121 Å². The van der Waals surface area contributed by atoms with E-state index in [4.69, 9.17) is 33.9 Å². The van der Waals surface area contributed by atoms with Gasteiger partial charge in [0.1, 0.15) is 28.0 Å². The van der Waals surface area contributed by atoms with Crippen LogP contribution in [0.5, 0.6) is 11.9 Å². The number of hydrogen-bond acceptors (Lipinski definition) is 11. The van der Waals surface area contributed by atoms with Gasteiger partial charge in [-0.3, -0.25) is 10.00 Å². The fraction of sp³-hybridized carbons (Fsp3) is 0.659. The largest absolute Gasteiger partial charge is 0.480 e. The fourth-order valence-corrected chi connectivity index (χ4v) is 10.5. The van der Waals surface area contributed by atoms with Gasteiger partial charge in [-0.05, 0) is 109 Å². The van der Waals surface area contributed by atoms with E-state index < -0.39 is 11.4 Å². The van der Waals surface area contributed by atoms with E-state index in [0.717, 1.165) is 91.9 Å². The van der Waals surface area contributed by atoms with Crippen LogP contribution in [-0.4, -0.2) is 112 Å². The van der Waals surface area contributed by atoms with Crippen molar-refractivity contribution in [1.29, 1.82) is 0 Å². The number of aromatic nitrogens is 5. The van der Waals surface area contributed by atoms with Crippen LogP contribution in [0.3, 0.4) is 0 Å². The van der Waals surface area contributed by atoms with E-state index in [-0.39, 0.29) is 53.9 Å². The molecule has 2 aliphatic carbocycles. The predicted molar refractivity (Wildman–Crippen MR) is 204 cm³/mol. The lowest BCUT2D eigenvalue weighted by Crippen LogP contribution is -2.57. The molecule has 13 heteroatoms. The standard InChI is InChI=1S/C41H54FN7O5/c1-23-16-29-28(19-43-47-29)32(31(23)26-9-10-26)35-34(42)36-33(38(44-35)51-5)37(48-14-15-52-21-40(4,50)20-48)46-39(45-36)53-22-41-11-6-8-30(41)49(13-7-12-41)27-17-24(2)54-25(3)18-27/h16,19,24-27,30,50H,6-15,17-18,20-22H2,1-5H3,(H,43,47)/t24-,25+,27?,30?,40-,41?/m0/s1. The number of anilines is 1. The van der Waals surface area contributed by atoms with E-state index in [2.05, 4.69) is 41.9 Å². The number of β-amino-alcohol motifs (C(OH)–C–C–N with tert-alkyl or cyclic N) is 1. The van der Waals surface area contributed by atoms with Gasteiger partial charge >= 0.3 is 6.01 Å². The van der Waals surface area contributed by atoms with Crippen LogP contribution >= 0.6 is 0 Å². The van der Waals surface area contributed by atoms with Gasteiger partial charge in [0.15, 0.2) is 5.82 Å². The monoisotopic (exact) mass is 743 g/mol. The van der Waals surface area contributed by atoms with Crippen LogP contribution in [0.1, 0.15) is 95.6 Å². The molecule has 6 atom stereocenters. The molecule has 3 unspecified atom stereocenters. The Morgan fingerprint density at radius 2 is 1.87 bits per heavy atom. The fourth-order valence-electron chi connectivity index (χ4n) is 10.5. The maximum Gasteiger partial charge on any atom is 0.319 e. The first-order valence-electron chi connectivity index (χ1n) is 20.1. The molecule has 1 aromatic carbocycles. The highest BCUT2D eigenvalue weighted by atomic mass is 19.1. The van der Waals surface area contributed by atoms with Gasteiger partial charge in [0.2, 0.25) is 5.88 Å². The second kappa shape index (κ2) is 13.8. The van der Waals surface area contributed by atoms with Gasteiger partial charge in [0.25, 0.3) is 0 Å². The number of nitrogens with zero attached hydrogens (tertiary/aromatic N) is 6. The summed E-state index contributed by atoms with van der Waals surface area (Å²) in [5, 5.41) is 19.8. The molecule has 0 amide bonds. The number of aliphatic hydroxyl groups is 1. The Morgan fingerprint density at radius 3 is 2.65 bits per heavy atom. The minimum atomic E-state index is -1.16. The minimum Gasteiger partial charge on any atom is -0.480 e. The van der Waals surface area contributed by atoms with Crippen molar-refractivity contribution in [1.82, 2.24) is 30.0 Å². The molecule has 0 spiro atoms. The molecule has 9 rings (SSSR count). The normalized spacial score (nSPS) is 30.8. The molecule has 6 heterocycles. The van der Waals surface area contributed by atoms with Crippen molar-refractivity contribution in [3.8, 4) is 23.1 Å². The molecule has 5 fully saturated rings. The molecular weight excluding hydrogens is 689 g/mol. The molecule has 3 aliphatic heterocycles. The summed E-state index contributed by atoms with van der Waals surface area (Å²) in [4.78, 5) is 19.5. The highest BCUT2D eigenvalue weighted by Gasteiger charge is 2.51. The molecule has 0 radical (unpaired) electrons. The van der Waals surface area contributed by atoms with Crippen LogP contribution in [0.15, 0.2) is 12.3 Å². The minimum absolute atomic E-state index is 0.0467. The van der Waals surface area contributed by atoms with Gasteiger partial charge in [0, 0.05) is 35.0 Å². The third-order valence-electron chi connectivity index (χ3n) is 12.9. The van der Waals surface area contributed by atoms with Crippen LogP contribution in [0, 0.1) is 18.2 Å². The number of pyridine rings is 1. The van der Waals surface area contributed by atoms with Gasteiger partial charge in [-0.2, -0.15) is 15.1 Å². The molecule has 2 N–H and O–H groups in total. The number of likely N-dealkylation sites (tertiary alicyclic amines) is 1. The number of piperidine rings is 1. The molecule has 2 saturated carbocycles. The molecule has 12 nitrogen and oxygen atoms in total. The van der Waals surface area contributed by atoms with Gasteiger partial charge in [0.05, 0.1) is 57.4 Å². The molecular formula is C41H54FN7O5. The smallest absolute Gasteiger partial charge is 0.319 e. The van der Waals surface area contributed by atoms with Crippen molar-refractivity contribution >= 4 is 27.6 Å². The molecule has 4 aromatic rings. The van der Waals surface area contributed by atoms with Crippen LogP contribution in [-0.2, 0) is 9.47 Å². The van der Waals surface area contributed by atoms with E-state index in [9.17, 15) is 5.11 Å². The summed E-state index contributed by atoms with van der Waals surface area (Å²) in [6.45, 7) is 10.9. The number of hydrogen-bond donors (Lipinski definition) is 2. The van der Waals surface area contributed by atoms with Crippen LogP contribution in [0.25, 0.3) is 33.1 Å². The number of aryl methyl sites for hydroxylation is 1. The summed E-state index contributed by atoms with van der Waals surface area (Å²) in [6.07, 6.45) is 12.0. The molecule has 0 bridgehead atoms. The third kappa shape index (κ3) is 6.38. The van der Waals surface area contributed by atoms with E-state index >= 15 is 4.39 Å². The molecule has 290 valence electrons. The van der Waals surface area contributed by atoms with Crippen LogP contribution in [0.4, 0.5) is 10.2 Å². The molecule has 3 aromatic heterocycles. The zero-order valence-corrected chi connectivity index (χ0v) is 32.3. The SMILES string of the molecule is COc1nc(-c2c(C3CC3)c(C)cc3[nH]ncc23)c(F)c2nc(OCC34CCCC3N(C3C[C@@H](C)O[C@@H](C)C3)CCC4)nc(N3CCOC[C@@](C)(O)C3)c12. The van der Waals surface area contributed by atoms with Crippen LogP contribution in [0.2, 0.25) is 0 Å². The van der Waals surface area contributed by atoms with E-state index in [1.165, 1.54) is 0 Å². The second-order valence-corrected chi connectivity index (χ2v) is 17.2. The number of nitrogens with one attached hydrogen (secondary N) is 1. The Kier molecular flexibility index (Phi) is 9.22. The Bertz CT molecular complexity index is 2040. The van der Waals surface area contributed by atoms with Crippen molar-refractivity contribution in [2.24, 2.45) is 5.41 Å². The number of H-pyrrole nitrogens is 1. The Labute approximate surface area is 316 Å². The summed E-state index contributed by atoms with van der Waals surface area (Å²) in [6, 6.07) is 3.09. The van der Waals surface area contributed by atoms with Crippen molar-refractivity contribution in [3.63, 3.8) is 0 Å². The maximum absolute atomic E-state index is 17.6. The molecule has 3 saturated heterocycles. The Hall–Kier alpha value is -3.65. The Morgan fingerprint density at radius 1 is 1.07 bits per heavy atom. The predicted octanol–water partition coefficient (Wildman–Crippen LogP) is 6.46. The number of methoxy groups -OCH3 is 1. The van der Waals surface area contributed by atoms with Crippen molar-refractivity contribution < 1.29 is 28.4 Å². The molecule has 5 aliphatic rings. The van der Waals surface area contributed by atoms with E-state index in [1.807, 2.05) is 4.90 Å². The number of aromatic amines is 1. The maximum atomic E-state index is 17.6. The van der Waals surface area contributed by atoms with Gasteiger partial charge in [-0.15, -0.1) is 0 Å². The highest BCUT2D eigenvalue weighted by molar-refractivity contribution is 6.01. The highest BCUT2D eigenvalue weighted by Crippen LogP contribution is 2.51. The number of rotatable bonds is 8. The van der Waals surface area contributed by atoms with Crippen molar-refractivity contribution in [3.05, 3.63) is 29.2 Å². The van der Waals surface area contributed by atoms with Crippen molar-refractivity contribution in [2.75, 3.05) is 51.5 Å². The second-order valence-electron chi connectivity index (χ2n) is 17.2. The first-order valence-corrected chi connectivity index (χ1v) is 20.1. The molecule has 54 heavy (non-hydrogen) atoms. The first kappa shape index (κ1) is 36.0. The lowest BCUT2D eigenvalue weighted by molar-refractivity contribution is -0.0967. The zero-order chi connectivity index (χ0) is 37.4. The zero-order valence-electron chi connectivity index (χ0n) is 32.3. The van der Waals surface area contributed by atoms with Crippen LogP contribution < -0.4 is 14.4 Å².